The second-order valence-electron chi connectivity index (χ2n) is 8.60. The lowest BCUT2D eigenvalue weighted by Crippen LogP contribution is -2.50. The van der Waals surface area contributed by atoms with E-state index in [1.165, 1.54) is 4.90 Å². The van der Waals surface area contributed by atoms with Gasteiger partial charge < -0.3 is 25.8 Å². The van der Waals surface area contributed by atoms with Crippen LogP contribution in [-0.4, -0.2) is 65.4 Å². The third kappa shape index (κ3) is 3.91. The molecule has 1 aromatic carbocycles. The molecule has 1 fully saturated rings. The molecule has 0 saturated carbocycles. The average molecular weight is 436 g/mol. The highest BCUT2D eigenvalue weighted by atomic mass is 16.2. The van der Waals surface area contributed by atoms with Gasteiger partial charge >= 0.3 is 0 Å². The molecular formula is C23H29N7O2. The number of fused-ring (bicyclic) bond motifs is 1. The number of piperidine rings is 1. The Morgan fingerprint density at radius 3 is 2.69 bits per heavy atom. The Labute approximate surface area is 187 Å². The summed E-state index contributed by atoms with van der Waals surface area (Å²) in [5, 5.41) is 4.00. The third-order valence-corrected chi connectivity index (χ3v) is 6.31. The fraction of sp³-hybridized carbons (Fsp3) is 0.391. The van der Waals surface area contributed by atoms with Crippen molar-refractivity contribution in [2.24, 2.45) is 11.1 Å². The van der Waals surface area contributed by atoms with Gasteiger partial charge in [0.2, 0.25) is 5.91 Å². The largest absolute Gasteiger partial charge is 0.356 e. The summed E-state index contributed by atoms with van der Waals surface area (Å²) in [5.74, 6) is 0.661. The second-order valence-corrected chi connectivity index (χ2v) is 8.60. The molecule has 0 bridgehead atoms. The van der Waals surface area contributed by atoms with Gasteiger partial charge in [0.15, 0.2) is 0 Å². The van der Waals surface area contributed by atoms with Crippen LogP contribution in [0.5, 0.6) is 0 Å². The molecule has 2 aromatic heterocycles. The average Bonchev–Trinajstić information content (AvgIpc) is 3.19. The van der Waals surface area contributed by atoms with E-state index in [1.807, 2.05) is 13.1 Å². The maximum absolute atomic E-state index is 13.3. The van der Waals surface area contributed by atoms with Gasteiger partial charge in [0, 0.05) is 51.2 Å². The van der Waals surface area contributed by atoms with Crippen LogP contribution in [0.1, 0.15) is 28.8 Å². The Balaban J connectivity index is 1.49. The van der Waals surface area contributed by atoms with E-state index in [9.17, 15) is 9.59 Å². The SMILES string of the molecule is Cc1c[nH]c2ncnc(N3CCC(CN)(C(=O)Nc4cccc(C(=O)N(C)C)c4)CC3)c12. The topological polar surface area (TPSA) is 120 Å². The Morgan fingerprint density at radius 1 is 1.25 bits per heavy atom. The molecule has 3 aromatic rings. The summed E-state index contributed by atoms with van der Waals surface area (Å²) >= 11 is 0. The molecule has 3 heterocycles. The lowest BCUT2D eigenvalue weighted by Gasteiger charge is -2.40. The highest BCUT2D eigenvalue weighted by molar-refractivity contribution is 5.99. The fourth-order valence-corrected chi connectivity index (χ4v) is 4.26. The van der Waals surface area contributed by atoms with Crippen LogP contribution in [0.15, 0.2) is 36.8 Å². The minimum Gasteiger partial charge on any atom is -0.356 e. The standard InChI is InChI=1S/C23H29N7O2/c1-15-12-25-19-18(15)20(27-14-26-19)30-9-7-23(13-24,8-10-30)22(32)28-17-6-4-5-16(11-17)21(31)29(2)3/h4-6,11-12,14H,7-10,13,24H2,1-3H3,(H,28,32)(H,25,26,27). The first-order chi connectivity index (χ1) is 15.3. The Hall–Kier alpha value is -3.46. The minimum absolute atomic E-state index is 0.111. The molecule has 0 atom stereocenters. The summed E-state index contributed by atoms with van der Waals surface area (Å²) < 4.78 is 0. The maximum atomic E-state index is 13.3. The van der Waals surface area contributed by atoms with Crippen LogP contribution in [-0.2, 0) is 4.79 Å². The maximum Gasteiger partial charge on any atom is 0.253 e. The third-order valence-electron chi connectivity index (χ3n) is 6.31. The number of anilines is 2. The van der Waals surface area contributed by atoms with Crippen LogP contribution in [0.3, 0.4) is 0 Å². The molecule has 4 rings (SSSR count). The van der Waals surface area contributed by atoms with E-state index in [0.717, 1.165) is 22.4 Å². The predicted octanol–water partition coefficient (Wildman–Crippen LogP) is 2.15. The van der Waals surface area contributed by atoms with E-state index in [0.29, 0.717) is 37.2 Å². The summed E-state index contributed by atoms with van der Waals surface area (Å²) in [6.07, 6.45) is 4.72. The van der Waals surface area contributed by atoms with Gasteiger partial charge in [0.1, 0.15) is 17.8 Å². The van der Waals surface area contributed by atoms with Gasteiger partial charge in [-0.25, -0.2) is 9.97 Å². The van der Waals surface area contributed by atoms with Crippen molar-refractivity contribution in [1.82, 2.24) is 19.9 Å². The fourth-order valence-electron chi connectivity index (χ4n) is 4.26. The van der Waals surface area contributed by atoms with Gasteiger partial charge in [0.25, 0.3) is 5.91 Å². The Bertz CT molecular complexity index is 1150. The van der Waals surface area contributed by atoms with Crippen LogP contribution in [0.25, 0.3) is 11.0 Å². The monoisotopic (exact) mass is 435 g/mol. The van der Waals surface area contributed by atoms with Crippen molar-refractivity contribution in [3.05, 3.63) is 47.9 Å². The summed E-state index contributed by atoms with van der Waals surface area (Å²) in [5.41, 5.74) is 8.48. The molecule has 0 radical (unpaired) electrons. The quantitative estimate of drug-likeness (QED) is 0.565. The highest BCUT2D eigenvalue weighted by Crippen LogP contribution is 2.36. The van der Waals surface area contributed by atoms with Crippen molar-refractivity contribution < 1.29 is 9.59 Å². The predicted molar refractivity (Wildman–Crippen MR) is 125 cm³/mol. The van der Waals surface area contributed by atoms with E-state index in [1.54, 1.807) is 44.7 Å². The van der Waals surface area contributed by atoms with Crippen LogP contribution >= 0.6 is 0 Å². The van der Waals surface area contributed by atoms with E-state index < -0.39 is 5.41 Å². The van der Waals surface area contributed by atoms with E-state index in [2.05, 4.69) is 25.2 Å². The molecule has 9 heteroatoms. The first-order valence-electron chi connectivity index (χ1n) is 10.7. The number of aryl methyl sites for hydroxylation is 1. The van der Waals surface area contributed by atoms with E-state index >= 15 is 0 Å². The van der Waals surface area contributed by atoms with Crippen molar-refractivity contribution in [3.63, 3.8) is 0 Å². The molecular weight excluding hydrogens is 406 g/mol. The first kappa shape index (κ1) is 21.8. The number of benzene rings is 1. The van der Waals surface area contributed by atoms with Crippen molar-refractivity contribution in [1.29, 1.82) is 0 Å². The summed E-state index contributed by atoms with van der Waals surface area (Å²) in [6, 6.07) is 6.99. The van der Waals surface area contributed by atoms with E-state index in [-0.39, 0.29) is 18.4 Å². The van der Waals surface area contributed by atoms with Gasteiger partial charge in [-0.15, -0.1) is 0 Å². The number of nitrogens with zero attached hydrogens (tertiary/aromatic N) is 4. The number of aromatic amines is 1. The number of carbonyl (C=O) groups excluding carboxylic acids is 2. The molecule has 0 unspecified atom stereocenters. The molecule has 1 aliphatic rings. The highest BCUT2D eigenvalue weighted by Gasteiger charge is 2.41. The number of aromatic nitrogens is 3. The van der Waals surface area contributed by atoms with Crippen LogP contribution < -0.4 is 16.0 Å². The Kier molecular flexibility index (Phi) is 5.84. The van der Waals surface area contributed by atoms with Gasteiger partial charge in [-0.3, -0.25) is 9.59 Å². The molecule has 0 aliphatic carbocycles. The van der Waals surface area contributed by atoms with Crippen LogP contribution in [0.2, 0.25) is 0 Å². The summed E-state index contributed by atoms with van der Waals surface area (Å²) in [6.45, 7) is 3.62. The Morgan fingerprint density at radius 2 is 2.00 bits per heavy atom. The molecule has 168 valence electrons. The number of hydrogen-bond acceptors (Lipinski definition) is 6. The molecule has 9 nitrogen and oxygen atoms in total. The molecule has 2 amide bonds. The number of H-pyrrole nitrogens is 1. The number of carbonyl (C=O) groups is 2. The number of rotatable bonds is 5. The molecule has 1 aliphatic heterocycles. The van der Waals surface area contributed by atoms with Crippen LogP contribution in [0.4, 0.5) is 11.5 Å². The zero-order valence-electron chi connectivity index (χ0n) is 18.7. The number of nitrogens with two attached hydrogens (primary N) is 1. The lowest BCUT2D eigenvalue weighted by molar-refractivity contribution is -0.126. The second kappa shape index (κ2) is 8.58. The zero-order chi connectivity index (χ0) is 22.9. The molecule has 32 heavy (non-hydrogen) atoms. The number of hydrogen-bond donors (Lipinski definition) is 3. The molecule has 4 N–H and O–H groups in total. The lowest BCUT2D eigenvalue weighted by atomic mass is 9.77. The van der Waals surface area contributed by atoms with Gasteiger partial charge in [-0.05, 0) is 43.5 Å². The summed E-state index contributed by atoms with van der Waals surface area (Å²) in [4.78, 5) is 41.2. The smallest absolute Gasteiger partial charge is 0.253 e. The van der Waals surface area contributed by atoms with Crippen molar-refractivity contribution >= 4 is 34.4 Å². The van der Waals surface area contributed by atoms with Crippen molar-refractivity contribution in [2.75, 3.05) is 43.9 Å². The van der Waals surface area contributed by atoms with Gasteiger partial charge in [0.05, 0.1) is 10.8 Å². The first-order valence-corrected chi connectivity index (χ1v) is 10.7. The normalized spacial score (nSPS) is 15.6. The van der Waals surface area contributed by atoms with Gasteiger partial charge in [-0.1, -0.05) is 6.07 Å². The summed E-state index contributed by atoms with van der Waals surface area (Å²) in [7, 11) is 3.40. The van der Waals surface area contributed by atoms with Crippen LogP contribution in [0, 0.1) is 12.3 Å². The molecule has 1 saturated heterocycles. The van der Waals surface area contributed by atoms with Crippen molar-refractivity contribution in [3.8, 4) is 0 Å². The minimum atomic E-state index is -0.669. The molecule has 0 spiro atoms. The zero-order valence-corrected chi connectivity index (χ0v) is 18.7. The van der Waals surface area contributed by atoms with E-state index in [4.69, 9.17) is 5.73 Å². The number of amides is 2. The van der Waals surface area contributed by atoms with Gasteiger partial charge in [-0.2, -0.15) is 0 Å². The number of nitrogens with one attached hydrogen (secondary N) is 2. The van der Waals surface area contributed by atoms with Crippen molar-refractivity contribution in [2.45, 2.75) is 19.8 Å².